The summed E-state index contributed by atoms with van der Waals surface area (Å²) in [5.41, 5.74) is 3.07. The molecule has 0 aliphatic carbocycles. The van der Waals surface area contributed by atoms with Crippen molar-refractivity contribution >= 4 is 17.7 Å². The van der Waals surface area contributed by atoms with Crippen LogP contribution in [0.5, 0.6) is 0 Å². The topological polar surface area (TPSA) is 112 Å². The minimum absolute atomic E-state index is 0.248. The number of aromatic nitrogens is 3. The fourth-order valence-corrected chi connectivity index (χ4v) is 2.56. The van der Waals surface area contributed by atoms with Gasteiger partial charge in [-0.25, -0.2) is 10.5 Å². The van der Waals surface area contributed by atoms with Gasteiger partial charge in [0.25, 0.3) is 0 Å². The molecule has 1 atom stereocenters. The Morgan fingerprint density at radius 3 is 2.74 bits per heavy atom. The molecule has 0 bridgehead atoms. The van der Waals surface area contributed by atoms with Gasteiger partial charge in [-0.15, -0.1) is 10.2 Å². The number of thioether (sulfide) groups is 1. The zero-order valence-electron chi connectivity index (χ0n) is 10.1. The average molecular weight is 278 g/mol. The summed E-state index contributed by atoms with van der Waals surface area (Å²) in [5.74, 6) is 10.7. The second-order valence-corrected chi connectivity index (χ2v) is 4.79. The Bertz CT molecular complexity index is 543. The lowest BCUT2D eigenvalue weighted by molar-refractivity contribution is -0.122. The van der Waals surface area contributed by atoms with E-state index in [2.05, 4.69) is 15.6 Å². The van der Waals surface area contributed by atoms with E-state index in [9.17, 15) is 4.79 Å². The van der Waals surface area contributed by atoms with Crippen molar-refractivity contribution in [2.45, 2.75) is 11.1 Å². The molecule has 0 aliphatic heterocycles. The molecule has 0 aliphatic rings. The highest BCUT2D eigenvalue weighted by molar-refractivity contribution is 7.99. The molecule has 19 heavy (non-hydrogen) atoms. The quantitative estimate of drug-likeness (QED) is 0.304. The number of rotatable bonds is 5. The number of hydrogen-bond acceptors (Lipinski definition) is 6. The van der Waals surface area contributed by atoms with Crippen molar-refractivity contribution in [1.29, 1.82) is 0 Å². The highest BCUT2D eigenvalue weighted by Gasteiger charge is 2.20. The molecule has 0 radical (unpaired) electrons. The van der Waals surface area contributed by atoms with Crippen molar-refractivity contribution in [3.63, 3.8) is 0 Å². The highest BCUT2D eigenvalue weighted by Crippen LogP contribution is 2.24. The normalized spacial score (nSPS) is 12.1. The summed E-state index contributed by atoms with van der Waals surface area (Å²) in [6.07, 6.45) is 1.41. The monoisotopic (exact) mass is 278 g/mol. The van der Waals surface area contributed by atoms with E-state index >= 15 is 0 Å². The molecule has 0 saturated carbocycles. The number of carbonyl (C=O) groups is 1. The molecule has 0 fully saturated rings. The van der Waals surface area contributed by atoms with Gasteiger partial charge in [0, 0.05) is 5.75 Å². The van der Waals surface area contributed by atoms with Crippen LogP contribution in [0.25, 0.3) is 0 Å². The number of hydrazine groups is 1. The van der Waals surface area contributed by atoms with E-state index in [0.29, 0.717) is 10.9 Å². The van der Waals surface area contributed by atoms with E-state index in [4.69, 9.17) is 11.7 Å². The zero-order valence-corrected chi connectivity index (χ0v) is 10.9. The summed E-state index contributed by atoms with van der Waals surface area (Å²) >= 11 is 1.35. The third kappa shape index (κ3) is 3.24. The molecule has 2 rings (SSSR count). The number of hydrogen-bond donors (Lipinski definition) is 3. The van der Waals surface area contributed by atoms with E-state index in [-0.39, 0.29) is 11.8 Å². The number of carbonyl (C=O) groups excluding carboxylic acids is 1. The molecular weight excluding hydrogens is 264 g/mol. The number of benzene rings is 1. The van der Waals surface area contributed by atoms with Crippen molar-refractivity contribution in [2.24, 2.45) is 5.84 Å². The largest absolute Gasteiger partial charge is 0.336 e. The van der Waals surface area contributed by atoms with Crippen molar-refractivity contribution < 1.29 is 4.79 Å². The minimum Gasteiger partial charge on any atom is -0.336 e. The SMILES string of the molecule is NNC(=O)C(CSc1nncn1N)c1ccccc1. The van der Waals surface area contributed by atoms with Crippen LogP contribution >= 0.6 is 11.8 Å². The van der Waals surface area contributed by atoms with Gasteiger partial charge in [0.05, 0.1) is 5.92 Å². The molecule has 1 heterocycles. The number of nitrogen functional groups attached to an aromatic ring is 1. The molecule has 7 nitrogen and oxygen atoms in total. The van der Waals surface area contributed by atoms with Gasteiger partial charge >= 0.3 is 0 Å². The number of nitrogens with one attached hydrogen (secondary N) is 1. The Kier molecular flexibility index (Phi) is 4.37. The van der Waals surface area contributed by atoms with Crippen LogP contribution in [0, 0.1) is 0 Å². The second-order valence-electron chi connectivity index (χ2n) is 3.80. The van der Waals surface area contributed by atoms with Crippen LogP contribution in [0.4, 0.5) is 0 Å². The van der Waals surface area contributed by atoms with Crippen LogP contribution in [-0.2, 0) is 4.79 Å². The van der Waals surface area contributed by atoms with E-state index in [1.807, 2.05) is 30.3 Å². The molecule has 1 aromatic heterocycles. The first-order valence-corrected chi connectivity index (χ1v) is 6.54. The second kappa shape index (κ2) is 6.21. The van der Waals surface area contributed by atoms with Gasteiger partial charge in [0.2, 0.25) is 11.1 Å². The molecule has 1 aromatic carbocycles. The van der Waals surface area contributed by atoms with Crippen LogP contribution in [0.3, 0.4) is 0 Å². The third-order valence-electron chi connectivity index (χ3n) is 2.58. The number of amides is 1. The fraction of sp³-hybridized carbons (Fsp3) is 0.182. The third-order valence-corrected chi connectivity index (χ3v) is 3.63. The summed E-state index contributed by atoms with van der Waals surface area (Å²) in [4.78, 5) is 11.8. The average Bonchev–Trinajstić information content (AvgIpc) is 2.85. The molecule has 0 saturated heterocycles. The lowest BCUT2D eigenvalue weighted by Gasteiger charge is -2.14. The molecule has 1 unspecified atom stereocenters. The highest BCUT2D eigenvalue weighted by atomic mass is 32.2. The van der Waals surface area contributed by atoms with E-state index < -0.39 is 0 Å². The van der Waals surface area contributed by atoms with Gasteiger partial charge in [-0.05, 0) is 5.56 Å². The Morgan fingerprint density at radius 1 is 1.42 bits per heavy atom. The lowest BCUT2D eigenvalue weighted by atomic mass is 10.0. The van der Waals surface area contributed by atoms with E-state index in [1.165, 1.54) is 22.8 Å². The molecule has 100 valence electrons. The summed E-state index contributed by atoms with van der Waals surface area (Å²) < 4.78 is 1.31. The van der Waals surface area contributed by atoms with Crippen molar-refractivity contribution in [1.82, 2.24) is 20.3 Å². The van der Waals surface area contributed by atoms with E-state index in [0.717, 1.165) is 5.56 Å². The van der Waals surface area contributed by atoms with Gasteiger partial charge in [-0.2, -0.15) is 0 Å². The number of nitrogens with zero attached hydrogens (tertiary/aromatic N) is 3. The van der Waals surface area contributed by atoms with Gasteiger partial charge < -0.3 is 5.84 Å². The predicted octanol–water partition coefficient (Wildman–Crippen LogP) is -0.142. The summed E-state index contributed by atoms with van der Waals surface area (Å²) in [7, 11) is 0. The molecular formula is C11H14N6OS. The number of nitrogens with two attached hydrogens (primary N) is 2. The van der Waals surface area contributed by atoms with Crippen molar-refractivity contribution in [2.75, 3.05) is 11.6 Å². The Hall–Kier alpha value is -2.06. The predicted molar refractivity (Wildman–Crippen MR) is 72.4 cm³/mol. The summed E-state index contributed by atoms with van der Waals surface area (Å²) in [6.45, 7) is 0. The zero-order chi connectivity index (χ0) is 13.7. The standard InChI is InChI=1S/C11H14N6OS/c12-15-10(18)9(8-4-2-1-3-5-8)6-19-11-16-14-7-17(11)13/h1-5,7,9H,6,12-13H2,(H,15,18). The summed E-state index contributed by atoms with van der Waals surface area (Å²) in [6, 6.07) is 9.41. The minimum atomic E-state index is -0.368. The molecule has 2 aromatic rings. The maximum Gasteiger partial charge on any atom is 0.242 e. The maximum absolute atomic E-state index is 11.8. The van der Waals surface area contributed by atoms with Gasteiger partial charge in [0.15, 0.2) is 0 Å². The van der Waals surface area contributed by atoms with Crippen LogP contribution in [0.2, 0.25) is 0 Å². The van der Waals surface area contributed by atoms with Crippen molar-refractivity contribution in [3.05, 3.63) is 42.2 Å². The van der Waals surface area contributed by atoms with Crippen molar-refractivity contribution in [3.8, 4) is 0 Å². The first-order chi connectivity index (χ1) is 9.22. The molecule has 1 amide bonds. The maximum atomic E-state index is 11.8. The Labute approximate surface area is 114 Å². The van der Waals surface area contributed by atoms with Crippen LogP contribution in [0.15, 0.2) is 41.8 Å². The van der Waals surface area contributed by atoms with Gasteiger partial charge in [-0.3, -0.25) is 10.2 Å². The molecule has 8 heteroatoms. The first-order valence-electron chi connectivity index (χ1n) is 5.55. The summed E-state index contributed by atoms with van der Waals surface area (Å²) in [5, 5.41) is 8.08. The first kappa shape index (κ1) is 13.4. The molecule has 5 N–H and O–H groups in total. The molecule has 0 spiro atoms. The van der Waals surface area contributed by atoms with Crippen LogP contribution < -0.4 is 17.1 Å². The van der Waals surface area contributed by atoms with E-state index in [1.54, 1.807) is 0 Å². The van der Waals surface area contributed by atoms with Gasteiger partial charge in [-0.1, -0.05) is 42.1 Å². The van der Waals surface area contributed by atoms with Crippen LogP contribution in [-0.4, -0.2) is 26.5 Å². The smallest absolute Gasteiger partial charge is 0.242 e. The lowest BCUT2D eigenvalue weighted by Crippen LogP contribution is -2.35. The van der Waals surface area contributed by atoms with Gasteiger partial charge in [0.1, 0.15) is 6.33 Å². The Morgan fingerprint density at radius 2 is 2.16 bits per heavy atom. The Balaban J connectivity index is 2.11. The fourth-order valence-electron chi connectivity index (χ4n) is 1.60. The van der Waals surface area contributed by atoms with Crippen LogP contribution in [0.1, 0.15) is 11.5 Å².